The van der Waals surface area contributed by atoms with Crippen LogP contribution in [-0.2, 0) is 0 Å². The molecule has 0 aliphatic carbocycles. The number of hydrogen-bond acceptors (Lipinski definition) is 2. The third kappa shape index (κ3) is 2.62. The number of H-pyrrole nitrogens is 1. The van der Waals surface area contributed by atoms with Crippen LogP contribution in [0.2, 0.25) is 0 Å². The number of nitrogens with one attached hydrogen (secondary N) is 1. The number of hydrogen-bond donors (Lipinski definition) is 2. The largest absolute Gasteiger partial charge is 0.478 e. The summed E-state index contributed by atoms with van der Waals surface area (Å²) in [5.74, 6) is -3.15. The SMILES string of the molecule is O=C(O)c1cc(F)c(Sc2cc3ccccc3[nH]2)c(F)c1. The topological polar surface area (TPSA) is 53.1 Å². The first-order valence-corrected chi connectivity index (χ1v) is 6.84. The van der Waals surface area contributed by atoms with Crippen LogP contribution in [0.1, 0.15) is 10.4 Å². The zero-order chi connectivity index (χ0) is 15.0. The Balaban J connectivity index is 1.99. The van der Waals surface area contributed by atoms with Gasteiger partial charge in [0.05, 0.1) is 15.5 Å². The second-order valence-electron chi connectivity index (χ2n) is 4.40. The molecule has 0 fully saturated rings. The molecule has 0 aliphatic heterocycles. The zero-order valence-corrected chi connectivity index (χ0v) is 11.4. The summed E-state index contributed by atoms with van der Waals surface area (Å²) in [6, 6.07) is 10.9. The van der Waals surface area contributed by atoms with Crippen molar-refractivity contribution in [2.75, 3.05) is 0 Å². The van der Waals surface area contributed by atoms with Crippen LogP contribution in [0.15, 0.2) is 52.4 Å². The molecule has 0 aliphatic rings. The van der Waals surface area contributed by atoms with Gasteiger partial charge >= 0.3 is 5.97 Å². The fourth-order valence-corrected chi connectivity index (χ4v) is 2.87. The summed E-state index contributed by atoms with van der Waals surface area (Å²) in [6.45, 7) is 0. The van der Waals surface area contributed by atoms with Crippen molar-refractivity contribution in [3.63, 3.8) is 0 Å². The molecule has 2 aromatic carbocycles. The lowest BCUT2D eigenvalue weighted by molar-refractivity contribution is 0.0695. The Morgan fingerprint density at radius 1 is 1.10 bits per heavy atom. The van der Waals surface area contributed by atoms with Crippen LogP contribution in [0.3, 0.4) is 0 Å². The molecule has 0 saturated heterocycles. The maximum absolute atomic E-state index is 13.9. The molecule has 2 N–H and O–H groups in total. The molecular weight excluding hydrogens is 296 g/mol. The molecule has 21 heavy (non-hydrogen) atoms. The molecule has 0 saturated carbocycles. The van der Waals surface area contributed by atoms with Gasteiger partial charge in [-0.05, 0) is 24.3 Å². The monoisotopic (exact) mass is 305 g/mol. The van der Waals surface area contributed by atoms with Gasteiger partial charge in [0.2, 0.25) is 0 Å². The van der Waals surface area contributed by atoms with Crippen LogP contribution in [0.25, 0.3) is 10.9 Å². The van der Waals surface area contributed by atoms with E-state index in [4.69, 9.17) is 5.11 Å². The molecule has 0 atom stereocenters. The van der Waals surface area contributed by atoms with E-state index in [2.05, 4.69) is 4.98 Å². The number of carbonyl (C=O) groups is 1. The molecule has 0 amide bonds. The number of benzene rings is 2. The van der Waals surface area contributed by atoms with Gasteiger partial charge in [-0.3, -0.25) is 0 Å². The Hall–Kier alpha value is -2.34. The summed E-state index contributed by atoms with van der Waals surface area (Å²) in [7, 11) is 0. The number of carboxylic acid groups (broad SMARTS) is 1. The summed E-state index contributed by atoms with van der Waals surface area (Å²) >= 11 is 0.889. The van der Waals surface area contributed by atoms with Gasteiger partial charge < -0.3 is 10.1 Å². The number of para-hydroxylation sites is 1. The summed E-state index contributed by atoms with van der Waals surface area (Å²) in [5, 5.41) is 10.3. The number of aromatic nitrogens is 1. The average molecular weight is 305 g/mol. The molecule has 3 rings (SSSR count). The number of carboxylic acids is 1. The van der Waals surface area contributed by atoms with Gasteiger partial charge in [0, 0.05) is 10.9 Å². The maximum Gasteiger partial charge on any atom is 0.335 e. The summed E-state index contributed by atoms with van der Waals surface area (Å²) in [5.41, 5.74) is 0.453. The number of aromatic amines is 1. The van der Waals surface area contributed by atoms with Gasteiger partial charge in [0.25, 0.3) is 0 Å². The molecular formula is C15H9F2NO2S. The van der Waals surface area contributed by atoms with Crippen molar-refractivity contribution in [1.29, 1.82) is 0 Å². The number of aromatic carboxylic acids is 1. The smallest absolute Gasteiger partial charge is 0.335 e. The lowest BCUT2D eigenvalue weighted by atomic mass is 10.2. The zero-order valence-electron chi connectivity index (χ0n) is 10.6. The van der Waals surface area contributed by atoms with Crippen LogP contribution < -0.4 is 0 Å². The quantitative estimate of drug-likeness (QED) is 0.758. The normalized spacial score (nSPS) is 11.0. The fourth-order valence-electron chi connectivity index (χ4n) is 1.99. The lowest BCUT2D eigenvalue weighted by Gasteiger charge is -2.04. The Kier molecular flexibility index (Phi) is 3.39. The predicted molar refractivity (Wildman–Crippen MR) is 75.7 cm³/mol. The third-order valence-corrected chi connectivity index (χ3v) is 4.00. The van der Waals surface area contributed by atoms with Crippen LogP contribution in [0.4, 0.5) is 8.78 Å². The minimum absolute atomic E-state index is 0.230. The number of rotatable bonds is 3. The average Bonchev–Trinajstić information content (AvgIpc) is 2.85. The molecule has 0 radical (unpaired) electrons. The molecule has 1 aromatic heterocycles. The highest BCUT2D eigenvalue weighted by molar-refractivity contribution is 7.99. The molecule has 1 heterocycles. The van der Waals surface area contributed by atoms with E-state index in [9.17, 15) is 13.6 Å². The molecule has 0 spiro atoms. The van der Waals surface area contributed by atoms with Crippen molar-refractivity contribution in [2.45, 2.75) is 9.92 Å². The molecule has 0 bridgehead atoms. The summed E-state index contributed by atoms with van der Waals surface area (Å²) < 4.78 is 27.7. The molecule has 6 heteroatoms. The second kappa shape index (κ2) is 5.21. The van der Waals surface area contributed by atoms with Crippen molar-refractivity contribution in [3.8, 4) is 0 Å². The van der Waals surface area contributed by atoms with Crippen LogP contribution >= 0.6 is 11.8 Å². The van der Waals surface area contributed by atoms with Crippen molar-refractivity contribution < 1.29 is 18.7 Å². The molecule has 3 nitrogen and oxygen atoms in total. The van der Waals surface area contributed by atoms with Gasteiger partial charge in [0.1, 0.15) is 11.6 Å². The van der Waals surface area contributed by atoms with E-state index in [0.717, 1.165) is 34.8 Å². The van der Waals surface area contributed by atoms with Gasteiger partial charge in [0.15, 0.2) is 0 Å². The Labute approximate surface area is 122 Å². The lowest BCUT2D eigenvalue weighted by Crippen LogP contribution is -2.00. The number of halogens is 2. The van der Waals surface area contributed by atoms with Gasteiger partial charge in [-0.2, -0.15) is 0 Å². The third-order valence-electron chi connectivity index (χ3n) is 2.96. The minimum atomic E-state index is -1.37. The van der Waals surface area contributed by atoms with Crippen LogP contribution in [0, 0.1) is 11.6 Å². The van der Waals surface area contributed by atoms with Crippen LogP contribution in [-0.4, -0.2) is 16.1 Å². The predicted octanol–water partition coefficient (Wildman–Crippen LogP) is 4.30. The highest BCUT2D eigenvalue weighted by Gasteiger charge is 2.16. The molecule has 0 unspecified atom stereocenters. The fraction of sp³-hybridized carbons (Fsp3) is 0. The second-order valence-corrected chi connectivity index (χ2v) is 5.45. The van der Waals surface area contributed by atoms with E-state index in [-0.39, 0.29) is 4.90 Å². The van der Waals surface area contributed by atoms with Gasteiger partial charge in [-0.15, -0.1) is 0 Å². The van der Waals surface area contributed by atoms with E-state index >= 15 is 0 Å². The Bertz CT molecular complexity index is 789. The van der Waals surface area contributed by atoms with E-state index in [1.807, 2.05) is 24.3 Å². The van der Waals surface area contributed by atoms with Gasteiger partial charge in [-0.1, -0.05) is 30.0 Å². The Morgan fingerprint density at radius 3 is 2.38 bits per heavy atom. The number of fused-ring (bicyclic) bond motifs is 1. The molecule has 106 valence electrons. The maximum atomic E-state index is 13.9. The molecule has 3 aromatic rings. The van der Waals surface area contributed by atoms with E-state index in [0.29, 0.717) is 5.03 Å². The highest BCUT2D eigenvalue weighted by Crippen LogP contribution is 2.33. The Morgan fingerprint density at radius 2 is 1.76 bits per heavy atom. The summed E-state index contributed by atoms with van der Waals surface area (Å²) in [4.78, 5) is 13.6. The first-order valence-electron chi connectivity index (χ1n) is 6.02. The van der Waals surface area contributed by atoms with Crippen molar-refractivity contribution >= 4 is 28.6 Å². The standard InChI is InChI=1S/C15H9F2NO2S/c16-10-5-9(15(19)20)6-11(17)14(10)21-13-7-8-3-1-2-4-12(8)18-13/h1-7,18H,(H,19,20). The first-order chi connectivity index (χ1) is 10.0. The van der Waals surface area contributed by atoms with Crippen molar-refractivity contribution in [3.05, 3.63) is 59.7 Å². The summed E-state index contributed by atoms with van der Waals surface area (Å²) in [6.07, 6.45) is 0. The first kappa shape index (κ1) is 13.6. The van der Waals surface area contributed by atoms with Gasteiger partial charge in [-0.25, -0.2) is 13.6 Å². The van der Waals surface area contributed by atoms with Crippen molar-refractivity contribution in [1.82, 2.24) is 4.98 Å². The van der Waals surface area contributed by atoms with Crippen molar-refractivity contribution in [2.24, 2.45) is 0 Å². The van der Waals surface area contributed by atoms with E-state index < -0.39 is 23.2 Å². The minimum Gasteiger partial charge on any atom is -0.478 e. The van der Waals surface area contributed by atoms with E-state index in [1.54, 1.807) is 6.07 Å². The van der Waals surface area contributed by atoms with E-state index in [1.165, 1.54) is 0 Å². The highest BCUT2D eigenvalue weighted by atomic mass is 32.2. The van der Waals surface area contributed by atoms with Crippen LogP contribution in [0.5, 0.6) is 0 Å².